The molecule has 0 spiro atoms. The van der Waals surface area contributed by atoms with E-state index in [-0.39, 0.29) is 6.61 Å². The van der Waals surface area contributed by atoms with Crippen molar-refractivity contribution in [1.82, 2.24) is 9.80 Å². The van der Waals surface area contributed by atoms with Crippen molar-refractivity contribution in [2.75, 3.05) is 58.7 Å². The Morgan fingerprint density at radius 3 is 2.36 bits per heavy atom. The van der Waals surface area contributed by atoms with Gasteiger partial charge in [0, 0.05) is 39.3 Å². The second-order valence-electron chi connectivity index (χ2n) is 5.71. The Kier molecular flexibility index (Phi) is 6.45. The molecule has 1 atom stereocenters. The van der Waals surface area contributed by atoms with Gasteiger partial charge in [-0.1, -0.05) is 6.07 Å². The number of hydrogen-bond acceptors (Lipinski definition) is 6. The lowest BCUT2D eigenvalue weighted by molar-refractivity contribution is 0.0924. The first-order valence-electron chi connectivity index (χ1n) is 7.81. The number of anilines is 1. The van der Waals surface area contributed by atoms with E-state index < -0.39 is 6.10 Å². The van der Waals surface area contributed by atoms with Crippen LogP contribution in [0.3, 0.4) is 0 Å². The normalized spacial score (nSPS) is 18.3. The summed E-state index contributed by atoms with van der Waals surface area (Å²) in [5.74, 6) is 0.635. The second-order valence-corrected chi connectivity index (χ2v) is 5.71. The third kappa shape index (κ3) is 4.58. The zero-order chi connectivity index (χ0) is 15.9. The molecule has 4 N–H and O–H groups in total. The molecule has 0 aromatic heterocycles. The van der Waals surface area contributed by atoms with E-state index in [2.05, 4.69) is 9.80 Å². The number of ether oxygens (including phenoxy) is 1. The van der Waals surface area contributed by atoms with Gasteiger partial charge >= 0.3 is 0 Å². The van der Waals surface area contributed by atoms with Gasteiger partial charge in [-0.05, 0) is 24.1 Å². The molecule has 1 fully saturated rings. The maximum absolute atomic E-state index is 10.3. The van der Waals surface area contributed by atoms with Gasteiger partial charge in [-0.3, -0.25) is 4.90 Å². The lowest BCUT2D eigenvalue weighted by atomic mass is 10.0. The molecule has 1 aromatic carbocycles. The Bertz CT molecular complexity index is 462. The topological polar surface area (TPSA) is 82.2 Å². The lowest BCUT2D eigenvalue weighted by Gasteiger charge is -2.34. The summed E-state index contributed by atoms with van der Waals surface area (Å²) in [6, 6.07) is 5.43. The van der Waals surface area contributed by atoms with Gasteiger partial charge < -0.3 is 25.6 Å². The standard InChI is InChI=1S/C16H27N3O3/c1-22-16-3-2-13(12-14(16)17)15(21)4-5-18-6-8-19(9-7-18)10-11-20/h2-3,12,15,20-21H,4-11,17H2,1H3. The fraction of sp³-hybridized carbons (Fsp3) is 0.625. The number of benzene rings is 1. The van der Waals surface area contributed by atoms with E-state index in [4.69, 9.17) is 15.6 Å². The molecule has 1 aliphatic rings. The van der Waals surface area contributed by atoms with Crippen LogP contribution in [0.2, 0.25) is 0 Å². The minimum Gasteiger partial charge on any atom is -0.495 e. The highest BCUT2D eigenvalue weighted by Crippen LogP contribution is 2.26. The number of aliphatic hydroxyl groups is 2. The summed E-state index contributed by atoms with van der Waals surface area (Å²) in [4.78, 5) is 4.61. The number of rotatable bonds is 7. The average molecular weight is 309 g/mol. The predicted molar refractivity (Wildman–Crippen MR) is 86.9 cm³/mol. The third-order valence-corrected chi connectivity index (χ3v) is 4.24. The molecule has 0 saturated carbocycles. The maximum atomic E-state index is 10.3. The molecule has 2 rings (SSSR count). The van der Waals surface area contributed by atoms with E-state index in [0.29, 0.717) is 17.9 Å². The zero-order valence-corrected chi connectivity index (χ0v) is 13.2. The van der Waals surface area contributed by atoms with Crippen molar-refractivity contribution in [2.45, 2.75) is 12.5 Å². The molecule has 0 radical (unpaired) electrons. The molecule has 0 bridgehead atoms. The van der Waals surface area contributed by atoms with Gasteiger partial charge in [0.15, 0.2) is 0 Å². The van der Waals surface area contributed by atoms with Crippen LogP contribution in [0, 0.1) is 0 Å². The summed E-state index contributed by atoms with van der Waals surface area (Å²) in [6.45, 7) is 5.76. The molecule has 1 aliphatic heterocycles. The van der Waals surface area contributed by atoms with Crippen LogP contribution in [0.25, 0.3) is 0 Å². The minimum atomic E-state index is -0.510. The molecule has 22 heavy (non-hydrogen) atoms. The highest BCUT2D eigenvalue weighted by Gasteiger charge is 2.18. The van der Waals surface area contributed by atoms with Crippen molar-refractivity contribution in [3.8, 4) is 5.75 Å². The first-order chi connectivity index (χ1) is 10.6. The van der Waals surface area contributed by atoms with Crippen molar-refractivity contribution in [3.63, 3.8) is 0 Å². The van der Waals surface area contributed by atoms with Crippen molar-refractivity contribution in [1.29, 1.82) is 0 Å². The van der Waals surface area contributed by atoms with Crippen LogP contribution in [0.1, 0.15) is 18.1 Å². The average Bonchev–Trinajstić information content (AvgIpc) is 2.54. The van der Waals surface area contributed by atoms with Crippen molar-refractivity contribution in [3.05, 3.63) is 23.8 Å². The van der Waals surface area contributed by atoms with Crippen LogP contribution >= 0.6 is 0 Å². The predicted octanol–water partition coefficient (Wildman–Crippen LogP) is 0.311. The van der Waals surface area contributed by atoms with E-state index in [0.717, 1.165) is 44.8 Å². The van der Waals surface area contributed by atoms with E-state index in [9.17, 15) is 5.11 Å². The highest BCUT2D eigenvalue weighted by atomic mass is 16.5. The van der Waals surface area contributed by atoms with Gasteiger partial charge in [-0.15, -0.1) is 0 Å². The molecule has 0 amide bonds. The fourth-order valence-electron chi connectivity index (χ4n) is 2.81. The molecule has 1 saturated heterocycles. The lowest BCUT2D eigenvalue weighted by Crippen LogP contribution is -2.47. The number of methoxy groups -OCH3 is 1. The molecule has 6 heteroatoms. The summed E-state index contributed by atoms with van der Waals surface area (Å²) in [5, 5.41) is 19.2. The number of nitrogens with zero attached hydrogens (tertiary/aromatic N) is 2. The van der Waals surface area contributed by atoms with Gasteiger partial charge in [0.2, 0.25) is 0 Å². The van der Waals surface area contributed by atoms with E-state index in [1.165, 1.54) is 0 Å². The minimum absolute atomic E-state index is 0.220. The number of β-amino-alcohol motifs (C(OH)–C–C–N with tert-alkyl or cyclic N) is 1. The number of aliphatic hydroxyl groups excluding tert-OH is 2. The first-order valence-corrected chi connectivity index (χ1v) is 7.81. The quantitative estimate of drug-likeness (QED) is 0.629. The molecular weight excluding hydrogens is 282 g/mol. The van der Waals surface area contributed by atoms with Gasteiger partial charge in [-0.2, -0.15) is 0 Å². The Balaban J connectivity index is 1.78. The molecule has 1 aromatic rings. The van der Waals surface area contributed by atoms with Crippen molar-refractivity contribution in [2.24, 2.45) is 0 Å². The Labute approximate surface area is 132 Å². The highest BCUT2D eigenvalue weighted by molar-refractivity contribution is 5.54. The Morgan fingerprint density at radius 2 is 1.82 bits per heavy atom. The van der Waals surface area contributed by atoms with Gasteiger partial charge in [0.25, 0.3) is 0 Å². The van der Waals surface area contributed by atoms with Gasteiger partial charge in [0.1, 0.15) is 5.75 Å². The molecule has 6 nitrogen and oxygen atoms in total. The van der Waals surface area contributed by atoms with E-state index in [1.807, 2.05) is 6.07 Å². The molecule has 1 unspecified atom stereocenters. The van der Waals surface area contributed by atoms with E-state index >= 15 is 0 Å². The summed E-state index contributed by atoms with van der Waals surface area (Å²) in [6.07, 6.45) is 0.176. The monoisotopic (exact) mass is 309 g/mol. The summed E-state index contributed by atoms with van der Waals surface area (Å²) >= 11 is 0. The van der Waals surface area contributed by atoms with Crippen molar-refractivity contribution < 1.29 is 14.9 Å². The molecule has 124 valence electrons. The van der Waals surface area contributed by atoms with Gasteiger partial charge in [0.05, 0.1) is 25.5 Å². The summed E-state index contributed by atoms with van der Waals surface area (Å²) in [7, 11) is 1.58. The van der Waals surface area contributed by atoms with Crippen LogP contribution in [0.15, 0.2) is 18.2 Å². The van der Waals surface area contributed by atoms with Crippen LogP contribution in [0.4, 0.5) is 5.69 Å². The third-order valence-electron chi connectivity index (χ3n) is 4.24. The van der Waals surface area contributed by atoms with Crippen LogP contribution in [0.5, 0.6) is 5.75 Å². The Morgan fingerprint density at radius 1 is 1.18 bits per heavy atom. The maximum Gasteiger partial charge on any atom is 0.141 e. The van der Waals surface area contributed by atoms with Gasteiger partial charge in [-0.25, -0.2) is 0 Å². The number of hydrogen-bond donors (Lipinski definition) is 3. The SMILES string of the molecule is COc1ccc(C(O)CCN2CCN(CCO)CC2)cc1N. The first kappa shape index (κ1) is 17.0. The second kappa shape index (κ2) is 8.33. The molecule has 0 aliphatic carbocycles. The van der Waals surface area contributed by atoms with Crippen LogP contribution in [-0.4, -0.2) is 73.0 Å². The number of piperazine rings is 1. The molecule has 1 heterocycles. The molecular formula is C16H27N3O3. The summed E-state index contributed by atoms with van der Waals surface area (Å²) in [5.41, 5.74) is 7.26. The number of nitrogens with two attached hydrogens (primary N) is 1. The smallest absolute Gasteiger partial charge is 0.141 e. The van der Waals surface area contributed by atoms with E-state index in [1.54, 1.807) is 19.2 Å². The van der Waals surface area contributed by atoms with Crippen LogP contribution in [-0.2, 0) is 0 Å². The Hall–Kier alpha value is -1.34. The van der Waals surface area contributed by atoms with Crippen molar-refractivity contribution >= 4 is 5.69 Å². The zero-order valence-electron chi connectivity index (χ0n) is 13.2. The fourth-order valence-corrected chi connectivity index (χ4v) is 2.81. The largest absolute Gasteiger partial charge is 0.495 e. The summed E-state index contributed by atoms with van der Waals surface area (Å²) < 4.78 is 5.13. The van der Waals surface area contributed by atoms with Crippen LogP contribution < -0.4 is 10.5 Å². The number of nitrogen functional groups attached to an aromatic ring is 1.